The molecule has 1 N–H and O–H groups in total. The summed E-state index contributed by atoms with van der Waals surface area (Å²) < 4.78 is 0. The maximum atomic E-state index is 11.7. The van der Waals surface area contributed by atoms with Crippen LogP contribution in [0, 0.1) is 6.92 Å². The zero-order chi connectivity index (χ0) is 11.8. The van der Waals surface area contributed by atoms with Gasteiger partial charge in [0.1, 0.15) is 5.82 Å². The number of hydrogen-bond acceptors (Lipinski definition) is 3. The quantitative estimate of drug-likeness (QED) is 0.713. The number of hydrogen-bond donors (Lipinski definition) is 1. The molecule has 0 spiro atoms. The van der Waals surface area contributed by atoms with Crippen molar-refractivity contribution >= 4 is 22.2 Å². The Morgan fingerprint density at radius 1 is 1.29 bits per heavy atom. The highest BCUT2D eigenvalue weighted by atomic mass is 32.1. The largest absolute Gasteiger partial charge is 0.310 e. The molecule has 84 valence electrons. The number of fused-ring (bicyclic) bond motifs is 1. The maximum absolute atomic E-state index is 11.7. The van der Waals surface area contributed by atoms with Crippen LogP contribution in [0.5, 0.6) is 0 Å². The van der Waals surface area contributed by atoms with Gasteiger partial charge in [-0.15, -0.1) is 11.3 Å². The summed E-state index contributed by atoms with van der Waals surface area (Å²) >= 11 is 1.68. The molecular weight excluding hydrogens is 232 g/mol. The maximum Gasteiger partial charge on any atom is 0.258 e. The molecule has 3 nitrogen and oxygen atoms in total. The topological polar surface area (TPSA) is 45.8 Å². The average Bonchev–Trinajstić information content (AvgIpc) is 2.81. The van der Waals surface area contributed by atoms with E-state index in [-0.39, 0.29) is 5.56 Å². The Bertz CT molecular complexity index is 729. The molecule has 0 amide bonds. The number of nitrogens with one attached hydrogen (secondary N) is 1. The van der Waals surface area contributed by atoms with Crippen LogP contribution < -0.4 is 5.56 Å². The van der Waals surface area contributed by atoms with Crippen LogP contribution in [-0.2, 0) is 0 Å². The van der Waals surface area contributed by atoms with E-state index in [4.69, 9.17) is 0 Å². The molecule has 3 aromatic rings. The molecule has 17 heavy (non-hydrogen) atoms. The minimum atomic E-state index is -0.0785. The first kappa shape index (κ1) is 10.2. The van der Waals surface area contributed by atoms with Crippen LogP contribution in [-0.4, -0.2) is 9.97 Å². The predicted molar refractivity (Wildman–Crippen MR) is 70.4 cm³/mol. The Kier molecular flexibility index (Phi) is 2.30. The number of aromatic nitrogens is 2. The molecule has 2 heterocycles. The van der Waals surface area contributed by atoms with Gasteiger partial charge < -0.3 is 4.98 Å². The average molecular weight is 242 g/mol. The van der Waals surface area contributed by atoms with Gasteiger partial charge in [-0.05, 0) is 36.1 Å². The first-order valence-electron chi connectivity index (χ1n) is 5.28. The Hall–Kier alpha value is -1.94. The van der Waals surface area contributed by atoms with E-state index in [0.717, 1.165) is 11.1 Å². The van der Waals surface area contributed by atoms with Crippen LogP contribution in [0.2, 0.25) is 0 Å². The van der Waals surface area contributed by atoms with Crippen LogP contribution in [0.4, 0.5) is 0 Å². The van der Waals surface area contributed by atoms with Crippen molar-refractivity contribution in [1.82, 2.24) is 9.97 Å². The molecule has 0 bridgehead atoms. The van der Waals surface area contributed by atoms with Gasteiger partial charge in [0.25, 0.3) is 5.56 Å². The normalized spacial score (nSPS) is 10.9. The molecule has 0 aliphatic heterocycles. The lowest BCUT2D eigenvalue weighted by Gasteiger charge is -2.01. The highest BCUT2D eigenvalue weighted by molar-refractivity contribution is 7.13. The van der Waals surface area contributed by atoms with Gasteiger partial charge in [0.15, 0.2) is 0 Å². The number of nitrogens with zero attached hydrogens (tertiary/aromatic N) is 1. The summed E-state index contributed by atoms with van der Waals surface area (Å²) in [5.41, 5.74) is 1.77. The van der Waals surface area contributed by atoms with Crippen molar-refractivity contribution in [3.05, 3.63) is 51.9 Å². The minimum Gasteiger partial charge on any atom is -0.310 e. The van der Waals surface area contributed by atoms with E-state index in [1.807, 2.05) is 29.6 Å². The predicted octanol–water partition coefficient (Wildman–Crippen LogP) is 2.96. The summed E-state index contributed by atoms with van der Waals surface area (Å²) in [6.45, 7) is 1.79. The summed E-state index contributed by atoms with van der Waals surface area (Å²) in [4.78, 5) is 20.0. The number of benzene rings is 1. The summed E-state index contributed by atoms with van der Waals surface area (Å²) in [7, 11) is 0. The number of aryl methyl sites for hydroxylation is 1. The van der Waals surface area contributed by atoms with Crippen molar-refractivity contribution in [3.8, 4) is 10.4 Å². The van der Waals surface area contributed by atoms with Crippen LogP contribution in [0.3, 0.4) is 0 Å². The molecule has 1 aromatic carbocycles. The molecule has 0 aliphatic rings. The van der Waals surface area contributed by atoms with E-state index in [9.17, 15) is 4.79 Å². The molecule has 0 atom stereocenters. The van der Waals surface area contributed by atoms with Gasteiger partial charge in [-0.25, -0.2) is 4.98 Å². The van der Waals surface area contributed by atoms with Crippen molar-refractivity contribution in [2.24, 2.45) is 0 Å². The van der Waals surface area contributed by atoms with Crippen molar-refractivity contribution < 1.29 is 0 Å². The smallest absolute Gasteiger partial charge is 0.258 e. The highest BCUT2D eigenvalue weighted by Crippen LogP contribution is 2.26. The fraction of sp³-hybridized carbons (Fsp3) is 0.0769. The second-order valence-electron chi connectivity index (χ2n) is 3.86. The minimum absolute atomic E-state index is 0.0785. The van der Waals surface area contributed by atoms with Gasteiger partial charge >= 0.3 is 0 Å². The van der Waals surface area contributed by atoms with Gasteiger partial charge in [0.05, 0.1) is 10.9 Å². The van der Waals surface area contributed by atoms with E-state index in [0.29, 0.717) is 11.2 Å². The molecule has 0 fully saturated rings. The monoisotopic (exact) mass is 242 g/mol. The van der Waals surface area contributed by atoms with E-state index in [1.54, 1.807) is 18.3 Å². The van der Waals surface area contributed by atoms with Crippen molar-refractivity contribution in [1.29, 1.82) is 0 Å². The molecule has 4 heteroatoms. The lowest BCUT2D eigenvalue weighted by molar-refractivity contribution is 1.06. The second kappa shape index (κ2) is 3.82. The van der Waals surface area contributed by atoms with Gasteiger partial charge in [0.2, 0.25) is 0 Å². The lowest BCUT2D eigenvalue weighted by Crippen LogP contribution is -2.09. The van der Waals surface area contributed by atoms with E-state index in [2.05, 4.69) is 16.0 Å². The summed E-state index contributed by atoms with van der Waals surface area (Å²) in [5, 5.41) is 2.67. The second-order valence-corrected chi connectivity index (χ2v) is 4.81. The van der Waals surface area contributed by atoms with Gasteiger partial charge in [-0.1, -0.05) is 12.1 Å². The highest BCUT2D eigenvalue weighted by Gasteiger charge is 2.04. The standard InChI is InChI=1S/C13H10N2OS/c1-8-14-11-7-9(12-3-2-6-17-12)4-5-10(11)13(16)15-8/h2-7H,1H3,(H,14,15,16). The van der Waals surface area contributed by atoms with Gasteiger partial charge in [-0.3, -0.25) is 4.79 Å². The van der Waals surface area contributed by atoms with Crippen molar-refractivity contribution in [2.75, 3.05) is 0 Å². The number of thiophene rings is 1. The Morgan fingerprint density at radius 2 is 2.18 bits per heavy atom. The van der Waals surface area contributed by atoms with Crippen LogP contribution in [0.1, 0.15) is 5.82 Å². The molecule has 0 saturated carbocycles. The number of aromatic amines is 1. The number of H-pyrrole nitrogens is 1. The summed E-state index contributed by atoms with van der Waals surface area (Å²) in [6.07, 6.45) is 0. The Morgan fingerprint density at radius 3 is 2.94 bits per heavy atom. The molecule has 0 unspecified atom stereocenters. The zero-order valence-electron chi connectivity index (χ0n) is 9.23. The molecule has 0 aliphatic carbocycles. The van der Waals surface area contributed by atoms with E-state index < -0.39 is 0 Å². The fourth-order valence-electron chi connectivity index (χ4n) is 1.85. The summed E-state index contributed by atoms with van der Waals surface area (Å²) in [6, 6.07) is 9.83. The Balaban J connectivity index is 2.30. The molecule has 2 aromatic heterocycles. The summed E-state index contributed by atoms with van der Waals surface area (Å²) in [5.74, 6) is 0.644. The first-order chi connectivity index (χ1) is 8.24. The van der Waals surface area contributed by atoms with Crippen molar-refractivity contribution in [3.63, 3.8) is 0 Å². The third kappa shape index (κ3) is 1.76. The Labute approximate surface area is 102 Å². The van der Waals surface area contributed by atoms with E-state index in [1.165, 1.54) is 4.88 Å². The van der Waals surface area contributed by atoms with Crippen LogP contribution in [0.25, 0.3) is 21.3 Å². The third-order valence-corrected chi connectivity index (χ3v) is 3.55. The van der Waals surface area contributed by atoms with Crippen molar-refractivity contribution in [2.45, 2.75) is 6.92 Å². The molecule has 0 saturated heterocycles. The fourth-order valence-corrected chi connectivity index (χ4v) is 2.58. The van der Waals surface area contributed by atoms with Gasteiger partial charge in [-0.2, -0.15) is 0 Å². The van der Waals surface area contributed by atoms with E-state index >= 15 is 0 Å². The lowest BCUT2D eigenvalue weighted by atomic mass is 10.1. The molecular formula is C13H10N2OS. The van der Waals surface area contributed by atoms with Crippen LogP contribution >= 0.6 is 11.3 Å². The molecule has 3 rings (SSSR count). The number of rotatable bonds is 1. The third-order valence-electron chi connectivity index (χ3n) is 2.63. The van der Waals surface area contributed by atoms with Gasteiger partial charge in [0, 0.05) is 4.88 Å². The SMILES string of the molecule is Cc1nc2cc(-c3cccs3)ccc2c(=O)[nH]1. The first-order valence-corrected chi connectivity index (χ1v) is 6.16. The van der Waals surface area contributed by atoms with Crippen LogP contribution in [0.15, 0.2) is 40.5 Å². The zero-order valence-corrected chi connectivity index (χ0v) is 10.0. The molecule has 0 radical (unpaired) electrons.